The van der Waals surface area contributed by atoms with Crippen LogP contribution in [0, 0.1) is 11.3 Å². The van der Waals surface area contributed by atoms with Crippen LogP contribution >= 0.6 is 0 Å². The zero-order valence-corrected chi connectivity index (χ0v) is 14.2. The highest BCUT2D eigenvalue weighted by Crippen LogP contribution is 2.37. The van der Waals surface area contributed by atoms with E-state index in [9.17, 15) is 14.9 Å². The van der Waals surface area contributed by atoms with Crippen LogP contribution in [0.2, 0.25) is 0 Å². The Morgan fingerprint density at radius 3 is 2.77 bits per heavy atom. The molecule has 0 bridgehead atoms. The van der Waals surface area contributed by atoms with Crippen LogP contribution in [0.25, 0.3) is 22.0 Å². The lowest BCUT2D eigenvalue weighted by molar-refractivity contribution is 0.100. The van der Waals surface area contributed by atoms with Gasteiger partial charge in [-0.25, -0.2) is 0 Å². The fraction of sp³-hybridized carbons (Fsp3) is 0.250. The summed E-state index contributed by atoms with van der Waals surface area (Å²) in [5.74, 6) is -0.516. The van der Waals surface area contributed by atoms with Gasteiger partial charge in [0.15, 0.2) is 0 Å². The number of amides is 1. The van der Waals surface area contributed by atoms with Crippen LogP contribution in [-0.4, -0.2) is 15.5 Å². The van der Waals surface area contributed by atoms with Crippen molar-refractivity contribution in [2.24, 2.45) is 5.73 Å². The minimum atomic E-state index is -0.516. The largest absolute Gasteiger partial charge is 0.366 e. The molecule has 1 aromatic carbocycles. The van der Waals surface area contributed by atoms with Gasteiger partial charge in [-0.05, 0) is 30.5 Å². The van der Waals surface area contributed by atoms with E-state index in [-0.39, 0.29) is 11.6 Å². The molecule has 1 amide bonds. The normalized spacial score (nSPS) is 14.6. The molecule has 0 aliphatic heterocycles. The van der Waals surface area contributed by atoms with Crippen molar-refractivity contribution >= 4 is 16.8 Å². The Labute approximate surface area is 149 Å². The van der Waals surface area contributed by atoms with E-state index in [1.165, 1.54) is 6.20 Å². The van der Waals surface area contributed by atoms with Gasteiger partial charge in [0.2, 0.25) is 5.91 Å². The molecule has 2 heterocycles. The molecule has 3 N–H and O–H groups in total. The van der Waals surface area contributed by atoms with Gasteiger partial charge in [0, 0.05) is 29.6 Å². The van der Waals surface area contributed by atoms with Gasteiger partial charge in [0.25, 0.3) is 5.56 Å². The second-order valence-corrected chi connectivity index (χ2v) is 6.70. The Kier molecular flexibility index (Phi) is 3.85. The summed E-state index contributed by atoms with van der Waals surface area (Å²) in [6.07, 6.45) is 7.75. The van der Waals surface area contributed by atoms with Crippen molar-refractivity contribution in [2.75, 3.05) is 0 Å². The fourth-order valence-electron chi connectivity index (χ4n) is 3.92. The molecule has 0 unspecified atom stereocenters. The molecular formula is C20H18N4O2. The van der Waals surface area contributed by atoms with Crippen molar-refractivity contribution in [3.63, 3.8) is 0 Å². The number of fused-ring (bicyclic) bond motifs is 1. The average Bonchev–Trinajstić information content (AvgIpc) is 3.30. The lowest BCUT2D eigenvalue weighted by atomic mass is 10.0. The molecule has 3 aromatic rings. The van der Waals surface area contributed by atoms with Crippen LogP contribution in [0.1, 0.15) is 47.6 Å². The number of H-pyrrole nitrogens is 1. The zero-order chi connectivity index (χ0) is 18.3. The first kappa shape index (κ1) is 16.2. The van der Waals surface area contributed by atoms with Gasteiger partial charge in [0.1, 0.15) is 6.07 Å². The number of aromatic nitrogens is 2. The fourth-order valence-corrected chi connectivity index (χ4v) is 3.92. The predicted molar refractivity (Wildman–Crippen MR) is 98.7 cm³/mol. The van der Waals surface area contributed by atoms with Gasteiger partial charge in [-0.1, -0.05) is 25.0 Å². The highest BCUT2D eigenvalue weighted by Gasteiger charge is 2.24. The van der Waals surface area contributed by atoms with Gasteiger partial charge < -0.3 is 15.3 Å². The topological polar surface area (TPSA) is 105 Å². The van der Waals surface area contributed by atoms with Crippen molar-refractivity contribution in [2.45, 2.75) is 31.7 Å². The summed E-state index contributed by atoms with van der Waals surface area (Å²) in [6, 6.07) is 9.39. The third-order valence-corrected chi connectivity index (χ3v) is 5.16. The van der Waals surface area contributed by atoms with E-state index in [1.54, 1.807) is 18.2 Å². The quantitative estimate of drug-likeness (QED) is 0.761. The smallest absolute Gasteiger partial charge is 0.258 e. The molecule has 0 saturated heterocycles. The average molecular weight is 346 g/mol. The summed E-state index contributed by atoms with van der Waals surface area (Å²) in [4.78, 5) is 26.8. The molecular weight excluding hydrogens is 328 g/mol. The molecule has 2 aromatic heterocycles. The highest BCUT2D eigenvalue weighted by molar-refractivity contribution is 6.00. The summed E-state index contributed by atoms with van der Waals surface area (Å²) in [7, 11) is 0. The number of nitrogens with one attached hydrogen (secondary N) is 1. The Bertz CT molecular complexity index is 1110. The van der Waals surface area contributed by atoms with Gasteiger partial charge in [-0.15, -0.1) is 0 Å². The molecule has 1 aliphatic rings. The summed E-state index contributed by atoms with van der Waals surface area (Å²) in [6.45, 7) is 0. The zero-order valence-electron chi connectivity index (χ0n) is 14.2. The third-order valence-electron chi connectivity index (χ3n) is 5.16. The number of hydrogen-bond donors (Lipinski definition) is 2. The minimum Gasteiger partial charge on any atom is -0.366 e. The van der Waals surface area contributed by atoms with Crippen LogP contribution in [-0.2, 0) is 0 Å². The van der Waals surface area contributed by atoms with Crippen molar-refractivity contribution in [1.82, 2.24) is 9.55 Å². The second-order valence-electron chi connectivity index (χ2n) is 6.70. The lowest BCUT2D eigenvalue weighted by Gasteiger charge is -2.13. The Morgan fingerprint density at radius 1 is 1.31 bits per heavy atom. The van der Waals surface area contributed by atoms with E-state index in [0.29, 0.717) is 27.6 Å². The minimum absolute atomic E-state index is 0.241. The molecule has 6 nitrogen and oxygen atoms in total. The first-order valence-corrected chi connectivity index (χ1v) is 8.66. The summed E-state index contributed by atoms with van der Waals surface area (Å²) in [5, 5.41) is 10.0. The monoisotopic (exact) mass is 346 g/mol. The maximum atomic E-state index is 12.6. The van der Waals surface area contributed by atoms with E-state index in [0.717, 1.165) is 31.2 Å². The van der Waals surface area contributed by atoms with Crippen LogP contribution in [0.15, 0.2) is 41.5 Å². The molecule has 0 atom stereocenters. The van der Waals surface area contributed by atoms with Crippen LogP contribution < -0.4 is 11.3 Å². The molecule has 4 rings (SSSR count). The number of hydrogen-bond acceptors (Lipinski definition) is 3. The molecule has 1 fully saturated rings. The van der Waals surface area contributed by atoms with E-state index in [1.807, 2.05) is 12.3 Å². The van der Waals surface area contributed by atoms with Gasteiger partial charge in [-0.3, -0.25) is 9.59 Å². The van der Waals surface area contributed by atoms with E-state index < -0.39 is 5.91 Å². The van der Waals surface area contributed by atoms with Crippen molar-refractivity contribution < 1.29 is 4.79 Å². The van der Waals surface area contributed by atoms with Gasteiger partial charge >= 0.3 is 0 Å². The molecule has 0 radical (unpaired) electrons. The van der Waals surface area contributed by atoms with E-state index in [2.05, 4.69) is 15.6 Å². The summed E-state index contributed by atoms with van der Waals surface area (Å²) >= 11 is 0. The third kappa shape index (κ3) is 2.49. The van der Waals surface area contributed by atoms with Crippen molar-refractivity contribution in [3.8, 4) is 17.2 Å². The molecule has 130 valence electrons. The predicted octanol–water partition coefficient (Wildman–Crippen LogP) is 3.08. The number of benzene rings is 1. The van der Waals surface area contributed by atoms with Crippen LogP contribution in [0.5, 0.6) is 0 Å². The molecule has 0 spiro atoms. The van der Waals surface area contributed by atoms with Gasteiger partial charge in [0.05, 0.1) is 16.5 Å². The lowest BCUT2D eigenvalue weighted by Crippen LogP contribution is -2.11. The molecule has 1 saturated carbocycles. The first-order chi connectivity index (χ1) is 12.6. The van der Waals surface area contributed by atoms with E-state index >= 15 is 0 Å². The first-order valence-electron chi connectivity index (χ1n) is 8.66. The number of nitrogens with zero attached hydrogens (tertiary/aromatic N) is 2. The molecule has 1 aliphatic carbocycles. The SMILES string of the molecule is N#Cc1c[nH]c(=O)c2c(-c3cccc(C(N)=O)c3)cn(C3CCCC3)c12. The molecule has 26 heavy (non-hydrogen) atoms. The van der Waals surface area contributed by atoms with E-state index in [4.69, 9.17) is 5.73 Å². The van der Waals surface area contributed by atoms with Gasteiger partial charge in [-0.2, -0.15) is 5.26 Å². The maximum Gasteiger partial charge on any atom is 0.258 e. The summed E-state index contributed by atoms with van der Waals surface area (Å²) < 4.78 is 2.07. The number of carbonyl (C=O) groups excluding carboxylic acids is 1. The van der Waals surface area contributed by atoms with Crippen molar-refractivity contribution in [3.05, 3.63) is 58.1 Å². The summed E-state index contributed by atoms with van der Waals surface area (Å²) in [5.41, 5.74) is 8.12. The number of nitrogens with two attached hydrogens (primary N) is 1. The number of carbonyl (C=O) groups is 1. The number of aromatic amines is 1. The maximum absolute atomic E-state index is 12.6. The van der Waals surface area contributed by atoms with Crippen molar-refractivity contribution in [1.29, 1.82) is 5.26 Å². The second kappa shape index (κ2) is 6.19. The standard InChI is InChI=1S/C20H18N4O2/c21-9-14-10-23-20(26)17-16(12-4-3-5-13(8-12)19(22)25)11-24(18(14)17)15-6-1-2-7-15/h3-5,8,10-11,15H,1-2,6-7H2,(H2,22,25)(H,23,26). The Hall–Kier alpha value is -3.33. The number of pyridine rings is 1. The van der Waals surface area contributed by atoms with Crippen LogP contribution in [0.3, 0.4) is 0 Å². The van der Waals surface area contributed by atoms with Crippen LogP contribution in [0.4, 0.5) is 0 Å². The highest BCUT2D eigenvalue weighted by atomic mass is 16.1. The number of rotatable bonds is 3. The Morgan fingerprint density at radius 2 is 2.08 bits per heavy atom. The molecule has 6 heteroatoms. The number of primary amides is 1. The Balaban J connectivity index is 2.04. The number of nitriles is 1.